The monoisotopic (exact) mass is 411 g/mol. The highest BCUT2D eigenvalue weighted by molar-refractivity contribution is 8.18. The van der Waals surface area contributed by atoms with Crippen LogP contribution in [0.5, 0.6) is 0 Å². The number of nitrogens with zero attached hydrogens (tertiary/aromatic N) is 3. The van der Waals surface area contributed by atoms with Gasteiger partial charge in [-0.2, -0.15) is 0 Å². The van der Waals surface area contributed by atoms with E-state index < -0.39 is 0 Å². The normalized spacial score (nSPS) is 20.0. The van der Waals surface area contributed by atoms with Crippen LogP contribution >= 0.6 is 23.4 Å². The molecule has 0 aliphatic carbocycles. The van der Waals surface area contributed by atoms with E-state index in [2.05, 4.69) is 34.2 Å². The lowest BCUT2D eigenvalue weighted by Crippen LogP contribution is -2.28. The summed E-state index contributed by atoms with van der Waals surface area (Å²) in [5, 5.41) is 1.37. The number of hydrogen-bond donors (Lipinski definition) is 0. The zero-order valence-corrected chi connectivity index (χ0v) is 17.3. The van der Waals surface area contributed by atoms with Crippen molar-refractivity contribution in [2.75, 3.05) is 24.5 Å². The zero-order valence-electron chi connectivity index (χ0n) is 15.8. The Bertz CT molecular complexity index is 916. The summed E-state index contributed by atoms with van der Waals surface area (Å²) < 4.78 is 0. The molecule has 4 nitrogen and oxygen atoms in total. The van der Waals surface area contributed by atoms with E-state index in [0.29, 0.717) is 21.6 Å². The molecule has 28 heavy (non-hydrogen) atoms. The van der Waals surface area contributed by atoms with E-state index in [9.17, 15) is 4.79 Å². The highest BCUT2D eigenvalue weighted by Gasteiger charge is 2.32. The summed E-state index contributed by atoms with van der Waals surface area (Å²) in [7, 11) is 0. The fourth-order valence-corrected chi connectivity index (χ4v) is 4.59. The Hall–Kier alpha value is -2.24. The maximum absolute atomic E-state index is 12.8. The molecule has 2 fully saturated rings. The largest absolute Gasteiger partial charge is 0.372 e. The van der Waals surface area contributed by atoms with E-state index in [1.165, 1.54) is 30.3 Å². The molecule has 0 aromatic heterocycles. The van der Waals surface area contributed by atoms with Gasteiger partial charge in [-0.3, -0.25) is 9.69 Å². The van der Waals surface area contributed by atoms with Crippen LogP contribution in [0, 0.1) is 0 Å². The lowest BCUT2D eigenvalue weighted by atomic mass is 10.2. The Kier molecular flexibility index (Phi) is 5.74. The van der Waals surface area contributed by atoms with E-state index in [0.717, 1.165) is 24.3 Å². The van der Waals surface area contributed by atoms with E-state index in [1.807, 2.05) is 25.1 Å². The minimum absolute atomic E-state index is 0.00355. The van der Waals surface area contributed by atoms with Crippen molar-refractivity contribution in [3.05, 3.63) is 64.0 Å². The molecule has 2 saturated heterocycles. The average Bonchev–Trinajstić information content (AvgIpc) is 3.33. The quantitative estimate of drug-likeness (QED) is 0.617. The molecule has 2 heterocycles. The van der Waals surface area contributed by atoms with E-state index >= 15 is 0 Å². The smallest absolute Gasteiger partial charge is 0.266 e. The number of halogens is 1. The topological polar surface area (TPSA) is 35.9 Å². The van der Waals surface area contributed by atoms with Crippen molar-refractivity contribution in [1.29, 1.82) is 0 Å². The number of amidine groups is 1. The molecular formula is C22H22ClN3OS. The van der Waals surface area contributed by atoms with Gasteiger partial charge >= 0.3 is 0 Å². The lowest BCUT2D eigenvalue weighted by Gasteiger charge is -2.17. The van der Waals surface area contributed by atoms with Crippen LogP contribution in [0.25, 0.3) is 6.08 Å². The van der Waals surface area contributed by atoms with Crippen LogP contribution < -0.4 is 4.90 Å². The molecule has 6 heteroatoms. The molecule has 0 spiro atoms. The predicted molar refractivity (Wildman–Crippen MR) is 119 cm³/mol. The van der Waals surface area contributed by atoms with Crippen molar-refractivity contribution in [1.82, 2.24) is 4.90 Å². The first-order chi connectivity index (χ1) is 13.6. The van der Waals surface area contributed by atoms with Gasteiger partial charge in [0.1, 0.15) is 0 Å². The highest BCUT2D eigenvalue weighted by Crippen LogP contribution is 2.34. The number of anilines is 1. The van der Waals surface area contributed by atoms with Gasteiger partial charge in [-0.1, -0.05) is 23.7 Å². The van der Waals surface area contributed by atoms with Gasteiger partial charge in [0.05, 0.1) is 10.6 Å². The molecule has 2 aromatic carbocycles. The number of amides is 1. The number of carbonyl (C=O) groups is 1. The minimum Gasteiger partial charge on any atom is -0.372 e. The first-order valence-corrected chi connectivity index (χ1v) is 10.7. The lowest BCUT2D eigenvalue weighted by molar-refractivity contribution is -0.122. The highest BCUT2D eigenvalue weighted by atomic mass is 35.5. The molecule has 144 valence electrons. The fourth-order valence-electron chi connectivity index (χ4n) is 3.40. The molecule has 2 aliphatic rings. The number of aliphatic imine (C=N–C) groups is 1. The maximum Gasteiger partial charge on any atom is 0.266 e. The second-order valence-corrected chi connectivity index (χ2v) is 8.26. The summed E-state index contributed by atoms with van der Waals surface area (Å²) in [5.41, 5.74) is 3.07. The molecule has 4 rings (SSSR count). The molecule has 0 radical (unpaired) electrons. The number of hydrogen-bond acceptors (Lipinski definition) is 4. The van der Waals surface area contributed by atoms with Crippen molar-refractivity contribution in [2.45, 2.75) is 19.8 Å². The predicted octanol–water partition coefficient (Wildman–Crippen LogP) is 5.56. The van der Waals surface area contributed by atoms with Crippen molar-refractivity contribution in [2.24, 2.45) is 4.99 Å². The second kappa shape index (κ2) is 8.41. The number of rotatable bonds is 4. The van der Waals surface area contributed by atoms with Crippen LogP contribution in [0.1, 0.15) is 25.3 Å². The second-order valence-electron chi connectivity index (χ2n) is 6.82. The van der Waals surface area contributed by atoms with Crippen LogP contribution in [-0.4, -0.2) is 35.6 Å². The molecule has 1 amide bonds. The third-order valence-electron chi connectivity index (χ3n) is 4.92. The number of benzene rings is 2. The molecule has 0 atom stereocenters. The summed E-state index contributed by atoms with van der Waals surface area (Å²) in [6.45, 7) is 4.81. The van der Waals surface area contributed by atoms with Gasteiger partial charge in [0, 0.05) is 30.3 Å². The maximum atomic E-state index is 12.8. The fraction of sp³-hybridized carbons (Fsp3) is 0.273. The van der Waals surface area contributed by atoms with Gasteiger partial charge < -0.3 is 4.90 Å². The zero-order chi connectivity index (χ0) is 19.5. The van der Waals surface area contributed by atoms with Crippen molar-refractivity contribution < 1.29 is 4.79 Å². The van der Waals surface area contributed by atoms with Crippen LogP contribution in [0.15, 0.2) is 58.4 Å². The Morgan fingerprint density at radius 2 is 1.75 bits per heavy atom. The van der Waals surface area contributed by atoms with E-state index in [4.69, 9.17) is 11.6 Å². The number of carbonyl (C=O) groups excluding carboxylic acids is 1. The van der Waals surface area contributed by atoms with Gasteiger partial charge in [-0.25, -0.2) is 4.99 Å². The summed E-state index contributed by atoms with van der Waals surface area (Å²) in [5.74, 6) is 0.00355. The average molecular weight is 412 g/mol. The molecule has 0 N–H and O–H groups in total. The number of likely N-dealkylation sites (N-methyl/N-ethyl adjacent to an activating group) is 1. The summed E-state index contributed by atoms with van der Waals surface area (Å²) in [4.78, 5) is 22.3. The molecule has 0 bridgehead atoms. The van der Waals surface area contributed by atoms with Crippen LogP contribution in [0.4, 0.5) is 11.4 Å². The third-order valence-corrected chi connectivity index (χ3v) is 6.18. The molecular weight excluding hydrogens is 390 g/mol. The molecule has 2 aliphatic heterocycles. The van der Waals surface area contributed by atoms with E-state index in [-0.39, 0.29) is 5.91 Å². The van der Waals surface area contributed by atoms with Gasteiger partial charge in [0.2, 0.25) is 0 Å². The third kappa shape index (κ3) is 4.10. The minimum atomic E-state index is 0.00355. The standard InChI is InChI=1S/C22H22ClN3OS/c1-2-26-21(27)20(28-22(26)24-18-9-7-17(23)8-10-18)15-16-5-11-19(12-6-16)25-13-3-4-14-25/h5-12,15H,2-4,13-14H2,1H3/b20-15-,24-22?. The van der Waals surface area contributed by atoms with Gasteiger partial charge in [-0.15, -0.1) is 0 Å². The molecule has 0 unspecified atom stereocenters. The SMILES string of the molecule is CCN1C(=O)/C(=C/c2ccc(N3CCCC3)cc2)SC1=Nc1ccc(Cl)cc1. The van der Waals surface area contributed by atoms with Gasteiger partial charge in [0.25, 0.3) is 5.91 Å². The summed E-state index contributed by atoms with van der Waals surface area (Å²) >= 11 is 7.36. The first-order valence-electron chi connectivity index (χ1n) is 9.55. The van der Waals surface area contributed by atoms with Crippen molar-refractivity contribution >= 4 is 51.9 Å². The Labute approximate surface area is 174 Å². The van der Waals surface area contributed by atoms with E-state index in [1.54, 1.807) is 17.0 Å². The van der Waals surface area contributed by atoms with Crippen LogP contribution in [0.3, 0.4) is 0 Å². The van der Waals surface area contributed by atoms with Crippen LogP contribution in [-0.2, 0) is 4.79 Å². The summed E-state index contributed by atoms with van der Waals surface area (Å²) in [6, 6.07) is 15.8. The Morgan fingerprint density at radius 1 is 1.07 bits per heavy atom. The van der Waals surface area contributed by atoms with Crippen molar-refractivity contribution in [3.63, 3.8) is 0 Å². The van der Waals surface area contributed by atoms with Gasteiger partial charge in [0.15, 0.2) is 5.17 Å². The van der Waals surface area contributed by atoms with Crippen molar-refractivity contribution in [3.8, 4) is 0 Å². The first kappa shape index (κ1) is 19.1. The van der Waals surface area contributed by atoms with Gasteiger partial charge in [-0.05, 0) is 79.6 Å². The summed E-state index contributed by atoms with van der Waals surface area (Å²) in [6.07, 6.45) is 4.48. The Morgan fingerprint density at radius 3 is 2.39 bits per heavy atom. The Balaban J connectivity index is 1.55. The van der Waals surface area contributed by atoms with Crippen LogP contribution in [0.2, 0.25) is 5.02 Å². The molecule has 2 aromatic rings. The number of thioether (sulfide) groups is 1. The molecule has 0 saturated carbocycles.